The number of benzene rings is 2. The van der Waals surface area contributed by atoms with Crippen LogP contribution in [0.5, 0.6) is 0 Å². The molecule has 1 aromatic heterocycles. The molecule has 2 saturated heterocycles. The van der Waals surface area contributed by atoms with Gasteiger partial charge in [-0.2, -0.15) is 18.3 Å². The van der Waals surface area contributed by atoms with Crippen LogP contribution in [0, 0.1) is 5.82 Å². The van der Waals surface area contributed by atoms with Crippen molar-refractivity contribution in [3.63, 3.8) is 0 Å². The zero-order valence-electron chi connectivity index (χ0n) is 23.8. The lowest BCUT2D eigenvalue weighted by Crippen LogP contribution is -2.51. The quantitative estimate of drug-likeness (QED) is 0.327. The molecule has 2 aromatic carbocycles. The molecule has 3 heterocycles. The number of ether oxygens (including phenoxy) is 2. The lowest BCUT2D eigenvalue weighted by molar-refractivity contribution is -0.187. The van der Waals surface area contributed by atoms with E-state index in [0.29, 0.717) is 34.1 Å². The number of hydrogen-bond acceptors (Lipinski definition) is 6. The molecule has 1 spiro atoms. The van der Waals surface area contributed by atoms with Crippen LogP contribution in [0.1, 0.15) is 55.5 Å². The fourth-order valence-corrected chi connectivity index (χ4v) is 6.03. The smallest absolute Gasteiger partial charge is 0.418 e. The number of carbonyl (C=O) groups excluding carboxylic acids is 3. The molecule has 0 N–H and O–H groups in total. The second-order valence-electron chi connectivity index (χ2n) is 11.3. The molecule has 3 aromatic rings. The Morgan fingerprint density at radius 1 is 1.14 bits per heavy atom. The molecule has 13 heteroatoms. The first-order valence-electron chi connectivity index (χ1n) is 14.4. The first-order valence-corrected chi connectivity index (χ1v) is 14.4. The molecule has 0 radical (unpaired) electrons. The summed E-state index contributed by atoms with van der Waals surface area (Å²) in [7, 11) is 0. The maximum atomic E-state index is 13.7. The third-order valence-electron chi connectivity index (χ3n) is 8.54. The summed E-state index contributed by atoms with van der Waals surface area (Å²) in [4.78, 5) is 40.9. The number of alkyl halides is 3. The Labute approximate surface area is 250 Å². The summed E-state index contributed by atoms with van der Waals surface area (Å²) in [6.45, 7) is 0.0538. The van der Waals surface area contributed by atoms with Gasteiger partial charge < -0.3 is 14.4 Å². The van der Waals surface area contributed by atoms with Gasteiger partial charge in [-0.1, -0.05) is 24.3 Å². The van der Waals surface area contributed by atoms with Crippen molar-refractivity contribution in [2.45, 2.75) is 69.6 Å². The maximum Gasteiger partial charge on any atom is 0.418 e. The lowest BCUT2D eigenvalue weighted by Gasteiger charge is -2.31. The zero-order valence-corrected chi connectivity index (χ0v) is 23.8. The number of nitrogens with zero attached hydrogens (tertiary/aromatic N) is 4. The van der Waals surface area contributed by atoms with Crippen molar-refractivity contribution in [1.29, 1.82) is 0 Å². The van der Waals surface area contributed by atoms with Crippen LogP contribution in [-0.4, -0.2) is 62.9 Å². The van der Waals surface area contributed by atoms with E-state index in [0.717, 1.165) is 49.4 Å². The van der Waals surface area contributed by atoms with Gasteiger partial charge in [0.15, 0.2) is 0 Å². The van der Waals surface area contributed by atoms with Crippen LogP contribution in [0.3, 0.4) is 0 Å². The van der Waals surface area contributed by atoms with Gasteiger partial charge in [-0.3, -0.25) is 9.59 Å². The number of amides is 3. The average Bonchev–Trinajstić information content (AvgIpc) is 3.70. The fourth-order valence-electron chi connectivity index (χ4n) is 6.03. The lowest BCUT2D eigenvalue weighted by atomic mass is 9.93. The van der Waals surface area contributed by atoms with Crippen LogP contribution < -0.4 is 0 Å². The molecule has 2 aliphatic heterocycles. The Morgan fingerprint density at radius 3 is 2.61 bits per heavy atom. The monoisotopic (exact) mass is 614 g/mol. The number of hydrogen-bond donors (Lipinski definition) is 0. The van der Waals surface area contributed by atoms with Gasteiger partial charge in [-0.15, -0.1) is 0 Å². The molecule has 44 heavy (non-hydrogen) atoms. The van der Waals surface area contributed by atoms with E-state index in [1.165, 1.54) is 12.1 Å². The number of aryl methyl sites for hydroxylation is 1. The maximum absolute atomic E-state index is 13.7. The van der Waals surface area contributed by atoms with E-state index in [4.69, 9.17) is 9.47 Å². The number of aromatic nitrogens is 2. The highest BCUT2D eigenvalue weighted by Gasteiger charge is 2.58. The summed E-state index contributed by atoms with van der Waals surface area (Å²) in [5, 5.41) is 4.66. The zero-order chi connectivity index (χ0) is 31.2. The minimum Gasteiger partial charge on any atom is -0.427 e. The molecule has 6 rings (SSSR count). The van der Waals surface area contributed by atoms with Crippen molar-refractivity contribution in [2.75, 3.05) is 13.2 Å². The van der Waals surface area contributed by atoms with Crippen LogP contribution in [0.4, 0.5) is 22.4 Å². The van der Waals surface area contributed by atoms with E-state index < -0.39 is 54.6 Å². The molecular formula is C31H30F4N4O5. The van der Waals surface area contributed by atoms with Crippen molar-refractivity contribution < 1.29 is 41.4 Å². The van der Waals surface area contributed by atoms with Crippen molar-refractivity contribution >= 4 is 17.9 Å². The topological polar surface area (TPSA) is 94.0 Å². The second kappa shape index (κ2) is 11.3. The summed E-state index contributed by atoms with van der Waals surface area (Å²) < 4.78 is 67.7. The standard InChI is InChI=1S/C31H30F4N4O5/c1-19(31(33,34)35)37(17-20-5-8-23(32)9-6-20)26(40)18-38-28(41)30(44-29(38)42)13-11-21-16-22(7-10-24(21)30)25-12-14-39(36-25)27-4-2-3-15-43-27/h5-10,12,14,16,19,27H,2-4,11,13,15,17-18H2,1H3/t19?,27?,30-/m1/s1. The molecular weight excluding hydrogens is 584 g/mol. The number of carbonyl (C=O) groups is 3. The molecule has 3 amide bonds. The number of halogens is 4. The molecule has 9 nitrogen and oxygen atoms in total. The van der Waals surface area contributed by atoms with Crippen LogP contribution in [0.25, 0.3) is 11.3 Å². The predicted molar refractivity (Wildman–Crippen MR) is 147 cm³/mol. The van der Waals surface area contributed by atoms with Crippen molar-refractivity contribution in [1.82, 2.24) is 19.6 Å². The summed E-state index contributed by atoms with van der Waals surface area (Å²) in [6, 6.07) is 9.65. The normalized spacial score (nSPS) is 22.3. The Hall–Kier alpha value is -4.26. The Morgan fingerprint density at radius 2 is 1.91 bits per heavy atom. The minimum absolute atomic E-state index is 0.120. The van der Waals surface area contributed by atoms with Gasteiger partial charge in [0, 0.05) is 36.9 Å². The average molecular weight is 615 g/mol. The minimum atomic E-state index is -4.78. The number of rotatable bonds is 7. The van der Waals surface area contributed by atoms with Crippen LogP contribution in [0.15, 0.2) is 54.7 Å². The third kappa shape index (κ3) is 5.44. The highest BCUT2D eigenvalue weighted by Crippen LogP contribution is 2.46. The van der Waals surface area contributed by atoms with Crippen molar-refractivity contribution in [3.8, 4) is 11.3 Å². The van der Waals surface area contributed by atoms with E-state index in [2.05, 4.69) is 5.10 Å². The number of fused-ring (bicyclic) bond motifs is 2. The summed E-state index contributed by atoms with van der Waals surface area (Å²) in [5.74, 6) is -2.49. The van der Waals surface area contributed by atoms with E-state index in [1.54, 1.807) is 16.8 Å². The van der Waals surface area contributed by atoms with E-state index >= 15 is 0 Å². The molecule has 3 aliphatic rings. The molecule has 0 bridgehead atoms. The SMILES string of the molecule is CC(N(Cc1ccc(F)cc1)C(=O)CN1C(=O)O[C@@]2(CCc3cc(-c4ccn(C5CCCCO5)n4)ccc32)C1=O)C(F)(F)F. The van der Waals surface area contributed by atoms with Gasteiger partial charge in [0.05, 0.1) is 5.69 Å². The first-order chi connectivity index (χ1) is 21.0. The van der Waals surface area contributed by atoms with Gasteiger partial charge in [0.2, 0.25) is 11.5 Å². The van der Waals surface area contributed by atoms with Gasteiger partial charge in [0.25, 0.3) is 5.91 Å². The summed E-state index contributed by atoms with van der Waals surface area (Å²) in [6.07, 6.45) is -0.666. The van der Waals surface area contributed by atoms with Crippen molar-refractivity contribution in [2.24, 2.45) is 0 Å². The Bertz CT molecular complexity index is 1580. The van der Waals surface area contributed by atoms with Crippen LogP contribution in [-0.2, 0) is 37.6 Å². The van der Waals surface area contributed by atoms with Gasteiger partial charge in [0.1, 0.15) is 24.6 Å². The Kier molecular flexibility index (Phi) is 7.68. The number of imide groups is 1. The fraction of sp³-hybridized carbons (Fsp3) is 0.419. The summed E-state index contributed by atoms with van der Waals surface area (Å²) >= 11 is 0. The van der Waals surface area contributed by atoms with Crippen molar-refractivity contribution in [3.05, 3.63) is 77.2 Å². The van der Waals surface area contributed by atoms with Gasteiger partial charge in [-0.25, -0.2) is 18.8 Å². The molecule has 0 saturated carbocycles. The highest BCUT2D eigenvalue weighted by atomic mass is 19.4. The first kappa shape index (κ1) is 29.8. The molecule has 3 atom stereocenters. The van der Waals surface area contributed by atoms with Crippen LogP contribution in [0.2, 0.25) is 0 Å². The largest absolute Gasteiger partial charge is 0.427 e. The Balaban J connectivity index is 1.21. The second-order valence-corrected chi connectivity index (χ2v) is 11.3. The van der Waals surface area contributed by atoms with Gasteiger partial charge >= 0.3 is 12.3 Å². The summed E-state index contributed by atoms with van der Waals surface area (Å²) in [5.41, 5.74) is 1.33. The third-order valence-corrected chi connectivity index (χ3v) is 8.54. The molecule has 2 fully saturated rings. The molecule has 1 aliphatic carbocycles. The van der Waals surface area contributed by atoms with Gasteiger partial charge in [-0.05, 0) is 68.0 Å². The molecule has 232 valence electrons. The molecule has 2 unspecified atom stereocenters. The van der Waals surface area contributed by atoms with E-state index in [-0.39, 0.29) is 18.2 Å². The van der Waals surface area contributed by atoms with E-state index in [1.807, 2.05) is 18.3 Å². The highest BCUT2D eigenvalue weighted by molar-refractivity contribution is 6.06. The predicted octanol–water partition coefficient (Wildman–Crippen LogP) is 5.49. The van der Waals surface area contributed by atoms with Crippen LogP contribution >= 0.6 is 0 Å². The van der Waals surface area contributed by atoms with E-state index in [9.17, 15) is 31.9 Å².